The van der Waals surface area contributed by atoms with E-state index in [2.05, 4.69) is 5.32 Å². The van der Waals surface area contributed by atoms with E-state index in [0.29, 0.717) is 0 Å². The van der Waals surface area contributed by atoms with Crippen molar-refractivity contribution in [3.8, 4) is 6.07 Å². The van der Waals surface area contributed by atoms with Gasteiger partial charge in [-0.2, -0.15) is 5.26 Å². The molecule has 0 unspecified atom stereocenters. The lowest BCUT2D eigenvalue weighted by molar-refractivity contribution is 0.0634. The molecule has 0 aliphatic heterocycles. The van der Waals surface area contributed by atoms with Crippen molar-refractivity contribution in [1.29, 1.82) is 5.26 Å². The zero-order valence-electron chi connectivity index (χ0n) is 10.1. The molecule has 2 N–H and O–H groups in total. The molecule has 1 rings (SSSR count). The Bertz CT molecular complexity index is 522. The Labute approximate surface area is 108 Å². The van der Waals surface area contributed by atoms with Gasteiger partial charge in [0.05, 0.1) is 5.56 Å². The minimum absolute atomic E-state index is 0.0161. The Kier molecular flexibility index (Phi) is 3.93. The van der Waals surface area contributed by atoms with Gasteiger partial charge in [0.15, 0.2) is 0 Å². The van der Waals surface area contributed by atoms with Crippen LogP contribution >= 0.6 is 11.3 Å². The van der Waals surface area contributed by atoms with E-state index in [1.165, 1.54) is 6.07 Å². The quantitative estimate of drug-likeness (QED) is 0.858. The highest BCUT2D eigenvalue weighted by molar-refractivity contribution is 7.18. The smallest absolute Gasteiger partial charge is 0.412 e. The topological polar surface area (TPSA) is 99.4 Å². The summed E-state index contributed by atoms with van der Waals surface area (Å²) >= 11 is 0.813. The highest BCUT2D eigenvalue weighted by Crippen LogP contribution is 2.28. The maximum atomic E-state index is 11.5. The van der Waals surface area contributed by atoms with Crippen molar-refractivity contribution in [1.82, 2.24) is 0 Å². The summed E-state index contributed by atoms with van der Waals surface area (Å²) in [6.45, 7) is 5.11. The normalized spacial score (nSPS) is 10.6. The molecular formula is C11H12N2O4S. The number of carboxylic acid groups (broad SMARTS) is 1. The van der Waals surface area contributed by atoms with Crippen LogP contribution in [0.1, 0.15) is 36.0 Å². The maximum Gasteiger partial charge on any atom is 0.412 e. The lowest BCUT2D eigenvalue weighted by Gasteiger charge is -2.19. The van der Waals surface area contributed by atoms with Crippen molar-refractivity contribution >= 4 is 28.4 Å². The second-order valence-electron chi connectivity index (χ2n) is 4.40. The summed E-state index contributed by atoms with van der Waals surface area (Å²) in [6.07, 6.45) is -0.724. The fourth-order valence-electron chi connectivity index (χ4n) is 1.07. The number of carbonyl (C=O) groups is 2. The number of thiophene rings is 1. The molecule has 0 bridgehead atoms. The summed E-state index contributed by atoms with van der Waals surface area (Å²) in [5.41, 5.74) is -0.563. The number of hydrogen-bond acceptors (Lipinski definition) is 5. The molecule has 0 spiro atoms. The van der Waals surface area contributed by atoms with Crippen LogP contribution in [0.4, 0.5) is 9.80 Å². The molecule has 1 aromatic heterocycles. The van der Waals surface area contributed by atoms with E-state index in [-0.39, 0.29) is 15.4 Å². The van der Waals surface area contributed by atoms with Crippen molar-refractivity contribution < 1.29 is 19.4 Å². The third-order valence-electron chi connectivity index (χ3n) is 1.68. The number of nitrogens with zero attached hydrogens (tertiary/aromatic N) is 1. The van der Waals surface area contributed by atoms with Gasteiger partial charge in [-0.05, 0) is 26.8 Å². The number of amides is 1. The van der Waals surface area contributed by atoms with Crippen molar-refractivity contribution in [2.45, 2.75) is 26.4 Å². The molecule has 6 nitrogen and oxygen atoms in total. The molecule has 96 valence electrons. The number of aromatic carboxylic acids is 1. The monoisotopic (exact) mass is 268 g/mol. The van der Waals surface area contributed by atoms with Crippen LogP contribution in [0.5, 0.6) is 0 Å². The number of rotatable bonds is 2. The molecule has 0 aliphatic rings. The Balaban J connectivity index is 2.88. The van der Waals surface area contributed by atoms with Gasteiger partial charge in [0.2, 0.25) is 0 Å². The predicted molar refractivity (Wildman–Crippen MR) is 65.9 cm³/mol. The Morgan fingerprint density at radius 1 is 1.50 bits per heavy atom. The van der Waals surface area contributed by atoms with Gasteiger partial charge in [-0.3, -0.25) is 5.32 Å². The Morgan fingerprint density at radius 2 is 2.11 bits per heavy atom. The SMILES string of the molecule is CC(C)(C)OC(=O)Nc1sc(C(=O)O)cc1C#N. The maximum absolute atomic E-state index is 11.5. The van der Waals surface area contributed by atoms with Crippen LogP contribution in [0, 0.1) is 11.3 Å². The third kappa shape index (κ3) is 3.75. The van der Waals surface area contributed by atoms with Crippen LogP contribution in [0.3, 0.4) is 0 Å². The van der Waals surface area contributed by atoms with Gasteiger partial charge in [0.1, 0.15) is 21.5 Å². The number of carbonyl (C=O) groups excluding carboxylic acids is 1. The third-order valence-corrected chi connectivity index (χ3v) is 2.72. The first kappa shape index (κ1) is 14.0. The van der Waals surface area contributed by atoms with Crippen LogP contribution in [-0.2, 0) is 4.74 Å². The highest BCUT2D eigenvalue weighted by atomic mass is 32.1. The Morgan fingerprint density at radius 3 is 2.56 bits per heavy atom. The van der Waals surface area contributed by atoms with Crippen molar-refractivity contribution in [3.05, 3.63) is 16.5 Å². The molecule has 0 aromatic carbocycles. The minimum Gasteiger partial charge on any atom is -0.477 e. The second-order valence-corrected chi connectivity index (χ2v) is 5.45. The van der Waals surface area contributed by atoms with E-state index in [1.54, 1.807) is 20.8 Å². The number of anilines is 1. The van der Waals surface area contributed by atoms with Gasteiger partial charge >= 0.3 is 12.1 Å². The van der Waals surface area contributed by atoms with E-state index in [4.69, 9.17) is 15.1 Å². The number of nitriles is 1. The average molecular weight is 268 g/mol. The van der Waals surface area contributed by atoms with E-state index in [1.807, 2.05) is 6.07 Å². The molecule has 0 aliphatic carbocycles. The van der Waals surface area contributed by atoms with Crippen LogP contribution in [0.25, 0.3) is 0 Å². The molecule has 0 saturated heterocycles. The van der Waals surface area contributed by atoms with Gasteiger partial charge < -0.3 is 9.84 Å². The van der Waals surface area contributed by atoms with E-state index in [9.17, 15) is 9.59 Å². The number of carboxylic acids is 1. The second kappa shape index (κ2) is 5.06. The number of ether oxygens (including phenoxy) is 1. The number of hydrogen-bond donors (Lipinski definition) is 2. The molecule has 1 amide bonds. The zero-order chi connectivity index (χ0) is 13.9. The molecule has 0 radical (unpaired) electrons. The predicted octanol–water partition coefficient (Wildman–Crippen LogP) is 2.66. The summed E-state index contributed by atoms with van der Waals surface area (Å²) in [5.74, 6) is -1.14. The van der Waals surface area contributed by atoms with Gasteiger partial charge in [-0.25, -0.2) is 9.59 Å². The fraction of sp³-hybridized carbons (Fsp3) is 0.364. The molecule has 18 heavy (non-hydrogen) atoms. The average Bonchev–Trinajstić information content (AvgIpc) is 2.57. The summed E-state index contributed by atoms with van der Waals surface area (Å²) in [6, 6.07) is 3.02. The molecule has 1 aromatic rings. The number of nitrogens with one attached hydrogen (secondary N) is 1. The summed E-state index contributed by atoms with van der Waals surface area (Å²) in [7, 11) is 0. The first-order valence-corrected chi connectivity index (χ1v) is 5.82. The van der Waals surface area contributed by atoms with E-state index in [0.717, 1.165) is 11.3 Å². The van der Waals surface area contributed by atoms with Gasteiger partial charge in [-0.1, -0.05) is 0 Å². The lowest BCUT2D eigenvalue weighted by atomic mass is 10.2. The molecule has 0 saturated carbocycles. The lowest BCUT2D eigenvalue weighted by Crippen LogP contribution is -2.27. The van der Waals surface area contributed by atoms with Crippen LogP contribution in [-0.4, -0.2) is 22.8 Å². The first-order valence-electron chi connectivity index (χ1n) is 5.00. The van der Waals surface area contributed by atoms with Crippen molar-refractivity contribution in [2.75, 3.05) is 5.32 Å². The minimum atomic E-state index is -1.14. The molecule has 1 heterocycles. The van der Waals surface area contributed by atoms with Crippen LogP contribution < -0.4 is 5.32 Å². The van der Waals surface area contributed by atoms with Crippen molar-refractivity contribution in [2.24, 2.45) is 0 Å². The van der Waals surface area contributed by atoms with Crippen molar-refractivity contribution in [3.63, 3.8) is 0 Å². The molecule has 7 heteroatoms. The first-order chi connectivity index (χ1) is 8.23. The summed E-state index contributed by atoms with van der Waals surface area (Å²) in [5, 5.41) is 20.2. The van der Waals surface area contributed by atoms with Gasteiger partial charge in [0, 0.05) is 0 Å². The standard InChI is InChI=1S/C11H12N2O4S/c1-11(2,3)17-10(16)13-8-6(5-12)4-7(18-8)9(14)15/h4H,1-3H3,(H,13,16)(H,14,15). The largest absolute Gasteiger partial charge is 0.477 e. The molecular weight excluding hydrogens is 256 g/mol. The summed E-state index contributed by atoms with van der Waals surface area (Å²) < 4.78 is 5.01. The Hall–Kier alpha value is -2.07. The van der Waals surface area contributed by atoms with Crippen LogP contribution in [0.15, 0.2) is 6.07 Å². The van der Waals surface area contributed by atoms with Gasteiger partial charge in [-0.15, -0.1) is 11.3 Å². The van der Waals surface area contributed by atoms with E-state index >= 15 is 0 Å². The molecule has 0 fully saturated rings. The fourth-order valence-corrected chi connectivity index (χ4v) is 1.90. The molecule has 0 atom stereocenters. The summed E-state index contributed by atoms with van der Waals surface area (Å²) in [4.78, 5) is 22.2. The van der Waals surface area contributed by atoms with Gasteiger partial charge in [0.25, 0.3) is 0 Å². The van der Waals surface area contributed by atoms with Crippen LogP contribution in [0.2, 0.25) is 0 Å². The zero-order valence-corrected chi connectivity index (χ0v) is 10.9. The highest BCUT2D eigenvalue weighted by Gasteiger charge is 2.20. The van der Waals surface area contributed by atoms with E-state index < -0.39 is 17.7 Å².